The monoisotopic (exact) mass is 407 g/mol. The highest BCUT2D eigenvalue weighted by Crippen LogP contribution is 2.20. The largest absolute Gasteiger partial charge is 0.322 e. The molecule has 2 rings (SSSR count). The van der Waals surface area contributed by atoms with Crippen LogP contribution in [0.25, 0.3) is 0 Å². The van der Waals surface area contributed by atoms with Gasteiger partial charge in [-0.1, -0.05) is 15.9 Å². The molecule has 1 N–H and O–H groups in total. The van der Waals surface area contributed by atoms with Gasteiger partial charge in [0.05, 0.1) is 18.0 Å². The van der Waals surface area contributed by atoms with Gasteiger partial charge in [-0.3, -0.25) is 9.69 Å². The van der Waals surface area contributed by atoms with Crippen molar-refractivity contribution in [1.82, 2.24) is 9.21 Å². The van der Waals surface area contributed by atoms with E-state index in [0.717, 1.165) is 0 Å². The lowest BCUT2D eigenvalue weighted by atomic mass is 10.2. The molecule has 1 aliphatic heterocycles. The Hall–Kier alpha value is -1.03. The van der Waals surface area contributed by atoms with Crippen molar-refractivity contribution >= 4 is 37.5 Å². The predicted octanol–water partition coefficient (Wildman–Crippen LogP) is 1.49. The van der Waals surface area contributed by atoms with E-state index in [1.165, 1.54) is 22.7 Å². The van der Waals surface area contributed by atoms with Crippen molar-refractivity contribution in [2.24, 2.45) is 0 Å². The zero-order chi connectivity index (χ0) is 17.2. The highest BCUT2D eigenvalue weighted by molar-refractivity contribution is 9.10. The number of hydrogen-bond acceptors (Lipinski definition) is 4. The van der Waals surface area contributed by atoms with Crippen molar-refractivity contribution in [1.29, 1.82) is 0 Å². The molecule has 1 heterocycles. The zero-order valence-corrected chi connectivity index (χ0v) is 15.3. The second kappa shape index (κ2) is 7.25. The lowest BCUT2D eigenvalue weighted by Crippen LogP contribution is -2.53. The SMILES string of the molecule is CC(C(=O)Nc1ccc(Br)cc1F)N1CCN(S(C)(=O)=O)CC1. The average Bonchev–Trinajstić information content (AvgIpc) is 2.48. The van der Waals surface area contributed by atoms with Gasteiger partial charge in [0, 0.05) is 30.7 Å². The number of nitrogens with zero attached hydrogens (tertiary/aromatic N) is 2. The fraction of sp³-hybridized carbons (Fsp3) is 0.500. The van der Waals surface area contributed by atoms with Gasteiger partial charge in [-0.25, -0.2) is 12.8 Å². The van der Waals surface area contributed by atoms with Gasteiger partial charge in [0.25, 0.3) is 0 Å². The number of rotatable bonds is 4. The quantitative estimate of drug-likeness (QED) is 0.820. The molecule has 0 aromatic heterocycles. The molecule has 0 radical (unpaired) electrons. The van der Waals surface area contributed by atoms with Gasteiger partial charge < -0.3 is 5.32 Å². The Morgan fingerprint density at radius 1 is 1.30 bits per heavy atom. The summed E-state index contributed by atoms with van der Waals surface area (Å²) < 4.78 is 38.7. The van der Waals surface area contributed by atoms with E-state index in [2.05, 4.69) is 21.2 Å². The number of hydrogen-bond donors (Lipinski definition) is 1. The number of carbonyl (C=O) groups is 1. The van der Waals surface area contributed by atoms with Gasteiger partial charge in [-0.2, -0.15) is 4.31 Å². The van der Waals surface area contributed by atoms with E-state index in [-0.39, 0.29) is 11.6 Å². The fourth-order valence-electron chi connectivity index (χ4n) is 2.42. The molecule has 0 aliphatic carbocycles. The second-order valence-electron chi connectivity index (χ2n) is 5.49. The van der Waals surface area contributed by atoms with Gasteiger partial charge >= 0.3 is 0 Å². The third kappa shape index (κ3) is 4.72. The van der Waals surface area contributed by atoms with Crippen molar-refractivity contribution in [3.05, 3.63) is 28.5 Å². The number of sulfonamides is 1. The number of piperazine rings is 1. The molecule has 6 nitrogen and oxygen atoms in total. The zero-order valence-electron chi connectivity index (χ0n) is 12.9. The maximum Gasteiger partial charge on any atom is 0.241 e. The molecular weight excluding hydrogens is 389 g/mol. The van der Waals surface area contributed by atoms with Crippen molar-refractivity contribution in [3.63, 3.8) is 0 Å². The molecule has 1 aliphatic rings. The van der Waals surface area contributed by atoms with Crippen LogP contribution >= 0.6 is 15.9 Å². The number of amides is 1. The summed E-state index contributed by atoms with van der Waals surface area (Å²) in [7, 11) is -3.20. The van der Waals surface area contributed by atoms with Crippen LogP contribution in [0.2, 0.25) is 0 Å². The third-order valence-electron chi connectivity index (χ3n) is 3.86. The van der Waals surface area contributed by atoms with Gasteiger partial charge in [-0.05, 0) is 25.1 Å². The lowest BCUT2D eigenvalue weighted by Gasteiger charge is -2.36. The van der Waals surface area contributed by atoms with Crippen molar-refractivity contribution in [2.75, 3.05) is 37.8 Å². The molecule has 1 unspecified atom stereocenters. The Morgan fingerprint density at radius 3 is 2.43 bits per heavy atom. The van der Waals surface area contributed by atoms with Crippen LogP contribution in [0.5, 0.6) is 0 Å². The van der Waals surface area contributed by atoms with E-state index in [4.69, 9.17) is 0 Å². The van der Waals surface area contributed by atoms with Crippen LogP contribution in [0.15, 0.2) is 22.7 Å². The van der Waals surface area contributed by atoms with E-state index in [9.17, 15) is 17.6 Å². The van der Waals surface area contributed by atoms with Crippen molar-refractivity contribution < 1.29 is 17.6 Å². The molecule has 23 heavy (non-hydrogen) atoms. The average molecular weight is 408 g/mol. The Bertz CT molecular complexity index is 691. The molecule has 0 spiro atoms. The Kier molecular flexibility index (Phi) is 5.77. The topological polar surface area (TPSA) is 69.7 Å². The van der Waals surface area contributed by atoms with Crippen LogP contribution in [0.4, 0.5) is 10.1 Å². The maximum absolute atomic E-state index is 13.8. The van der Waals surface area contributed by atoms with Crippen LogP contribution in [-0.4, -0.2) is 62.0 Å². The van der Waals surface area contributed by atoms with Gasteiger partial charge in [0.15, 0.2) is 0 Å². The van der Waals surface area contributed by atoms with Crippen LogP contribution in [0, 0.1) is 5.82 Å². The molecule has 1 amide bonds. The third-order valence-corrected chi connectivity index (χ3v) is 5.65. The van der Waals surface area contributed by atoms with Crippen LogP contribution < -0.4 is 5.32 Å². The number of anilines is 1. The fourth-order valence-corrected chi connectivity index (χ4v) is 3.58. The molecule has 1 saturated heterocycles. The first-order valence-corrected chi connectivity index (χ1v) is 9.77. The summed E-state index contributed by atoms with van der Waals surface area (Å²) in [4.78, 5) is 14.1. The number of halogens is 2. The first-order chi connectivity index (χ1) is 10.7. The Morgan fingerprint density at radius 2 is 1.91 bits per heavy atom. The summed E-state index contributed by atoms with van der Waals surface area (Å²) in [5, 5.41) is 2.57. The summed E-state index contributed by atoms with van der Waals surface area (Å²) >= 11 is 3.16. The molecule has 128 valence electrons. The highest BCUT2D eigenvalue weighted by Gasteiger charge is 2.29. The van der Waals surface area contributed by atoms with Gasteiger partial charge in [0.2, 0.25) is 15.9 Å². The first kappa shape index (κ1) is 18.3. The number of nitrogens with one attached hydrogen (secondary N) is 1. The van der Waals surface area contributed by atoms with E-state index >= 15 is 0 Å². The first-order valence-electron chi connectivity index (χ1n) is 7.13. The van der Waals surface area contributed by atoms with E-state index < -0.39 is 21.9 Å². The molecular formula is C14H19BrFN3O3S. The molecule has 0 bridgehead atoms. The number of benzene rings is 1. The normalized spacial score (nSPS) is 18.6. The van der Waals surface area contributed by atoms with E-state index in [1.807, 2.05) is 4.90 Å². The molecule has 9 heteroatoms. The summed E-state index contributed by atoms with van der Waals surface area (Å²) in [6, 6.07) is 3.95. The highest BCUT2D eigenvalue weighted by atomic mass is 79.9. The van der Waals surface area contributed by atoms with Gasteiger partial charge in [-0.15, -0.1) is 0 Å². The van der Waals surface area contributed by atoms with Gasteiger partial charge in [0.1, 0.15) is 5.82 Å². The van der Waals surface area contributed by atoms with E-state index in [1.54, 1.807) is 13.0 Å². The Labute approximate surface area is 143 Å². The lowest BCUT2D eigenvalue weighted by molar-refractivity contribution is -0.121. The Balaban J connectivity index is 1.95. The minimum atomic E-state index is -3.20. The van der Waals surface area contributed by atoms with Crippen LogP contribution in [-0.2, 0) is 14.8 Å². The van der Waals surface area contributed by atoms with E-state index in [0.29, 0.717) is 30.7 Å². The number of carbonyl (C=O) groups excluding carboxylic acids is 1. The summed E-state index contributed by atoms with van der Waals surface area (Å²) in [6.45, 7) is 3.35. The standard InChI is InChI=1S/C14H19BrFN3O3S/c1-10(18-5-7-19(8-6-18)23(2,21)22)14(20)17-13-4-3-11(15)9-12(13)16/h3-4,9-10H,5-8H2,1-2H3,(H,17,20). The van der Waals surface area contributed by atoms with Crippen molar-refractivity contribution in [2.45, 2.75) is 13.0 Å². The minimum Gasteiger partial charge on any atom is -0.322 e. The summed E-state index contributed by atoms with van der Waals surface area (Å²) in [5.74, 6) is -0.833. The molecule has 0 saturated carbocycles. The molecule has 1 aromatic rings. The predicted molar refractivity (Wildman–Crippen MR) is 90.2 cm³/mol. The molecule has 1 atom stereocenters. The summed E-state index contributed by atoms with van der Waals surface area (Å²) in [5.41, 5.74) is 0.125. The second-order valence-corrected chi connectivity index (χ2v) is 8.39. The smallest absolute Gasteiger partial charge is 0.241 e. The minimum absolute atomic E-state index is 0.125. The van der Waals surface area contributed by atoms with Crippen molar-refractivity contribution in [3.8, 4) is 0 Å². The molecule has 1 fully saturated rings. The van der Waals surface area contributed by atoms with Crippen LogP contribution in [0.3, 0.4) is 0 Å². The van der Waals surface area contributed by atoms with Crippen LogP contribution in [0.1, 0.15) is 6.92 Å². The molecule has 1 aromatic carbocycles. The maximum atomic E-state index is 13.8. The summed E-state index contributed by atoms with van der Waals surface area (Å²) in [6.07, 6.45) is 1.18.